The molecule has 0 unspecified atom stereocenters. The summed E-state index contributed by atoms with van der Waals surface area (Å²) in [6.07, 6.45) is 2.13. The smallest absolute Gasteiger partial charge is 0.315 e. The van der Waals surface area contributed by atoms with E-state index in [2.05, 4.69) is 22.8 Å². The van der Waals surface area contributed by atoms with E-state index in [0.29, 0.717) is 13.1 Å². The van der Waals surface area contributed by atoms with E-state index >= 15 is 0 Å². The van der Waals surface area contributed by atoms with E-state index in [4.69, 9.17) is 4.74 Å². The average Bonchev–Trinajstić information content (AvgIpc) is 3.41. The molecular formula is C19H21FN2O2. The van der Waals surface area contributed by atoms with Crippen LogP contribution in [0.1, 0.15) is 24.0 Å². The molecule has 4 nitrogen and oxygen atoms in total. The number of ether oxygens (including phenoxy) is 1. The van der Waals surface area contributed by atoms with Crippen LogP contribution in [0.2, 0.25) is 0 Å². The van der Waals surface area contributed by atoms with Gasteiger partial charge in [0.2, 0.25) is 0 Å². The van der Waals surface area contributed by atoms with Crippen LogP contribution >= 0.6 is 0 Å². The lowest BCUT2D eigenvalue weighted by atomic mass is 9.96. The van der Waals surface area contributed by atoms with Crippen molar-refractivity contribution in [3.05, 3.63) is 65.5 Å². The molecule has 0 bridgehead atoms. The Morgan fingerprint density at radius 3 is 2.33 bits per heavy atom. The summed E-state index contributed by atoms with van der Waals surface area (Å²) in [5.41, 5.74) is 2.13. The van der Waals surface area contributed by atoms with E-state index in [1.165, 1.54) is 17.7 Å². The maximum atomic E-state index is 12.8. The van der Waals surface area contributed by atoms with Gasteiger partial charge in [-0.25, -0.2) is 9.18 Å². The third-order valence-corrected chi connectivity index (χ3v) is 4.51. The number of carbonyl (C=O) groups excluding carboxylic acids is 1. The zero-order chi connectivity index (χ0) is 17.0. The van der Waals surface area contributed by atoms with Gasteiger partial charge in [-0.1, -0.05) is 24.3 Å². The Morgan fingerprint density at radius 1 is 1.08 bits per heavy atom. The van der Waals surface area contributed by atoms with Crippen LogP contribution < -0.4 is 15.4 Å². The summed E-state index contributed by atoms with van der Waals surface area (Å²) in [5.74, 6) is 0.554. The lowest BCUT2D eigenvalue weighted by Gasteiger charge is -2.17. The molecule has 1 aliphatic carbocycles. The first-order valence-electron chi connectivity index (χ1n) is 8.02. The fraction of sp³-hybridized carbons (Fsp3) is 0.316. The van der Waals surface area contributed by atoms with E-state index < -0.39 is 0 Å². The van der Waals surface area contributed by atoms with Gasteiger partial charge in [0, 0.05) is 18.5 Å². The van der Waals surface area contributed by atoms with Gasteiger partial charge in [-0.05, 0) is 48.2 Å². The third kappa shape index (κ3) is 3.85. The molecule has 5 heteroatoms. The minimum absolute atomic E-state index is 0.0412. The summed E-state index contributed by atoms with van der Waals surface area (Å²) in [6.45, 7) is 0.982. The van der Waals surface area contributed by atoms with Gasteiger partial charge in [-0.2, -0.15) is 0 Å². The maximum absolute atomic E-state index is 12.8. The summed E-state index contributed by atoms with van der Waals surface area (Å²) < 4.78 is 18.0. The fourth-order valence-electron chi connectivity index (χ4n) is 2.76. The minimum Gasteiger partial charge on any atom is -0.497 e. The number of carbonyl (C=O) groups is 1. The largest absolute Gasteiger partial charge is 0.497 e. The summed E-state index contributed by atoms with van der Waals surface area (Å²) in [6, 6.07) is 13.9. The Kier molecular flexibility index (Phi) is 4.69. The normalized spacial score (nSPS) is 14.8. The molecule has 0 radical (unpaired) electrons. The molecule has 0 spiro atoms. The number of halogens is 1. The van der Waals surface area contributed by atoms with E-state index in [0.717, 1.165) is 24.2 Å². The summed E-state index contributed by atoms with van der Waals surface area (Å²) in [5, 5.41) is 5.73. The highest BCUT2D eigenvalue weighted by Crippen LogP contribution is 2.47. The molecule has 2 aromatic carbocycles. The Hall–Kier alpha value is -2.56. The van der Waals surface area contributed by atoms with Crippen LogP contribution in [0.4, 0.5) is 9.18 Å². The van der Waals surface area contributed by atoms with Gasteiger partial charge in [0.15, 0.2) is 0 Å². The van der Waals surface area contributed by atoms with Crippen molar-refractivity contribution in [2.45, 2.75) is 24.8 Å². The molecule has 0 aliphatic heterocycles. The Labute approximate surface area is 141 Å². The Bertz CT molecular complexity index is 694. The molecule has 1 aliphatic rings. The van der Waals surface area contributed by atoms with Crippen LogP contribution in [0.3, 0.4) is 0 Å². The van der Waals surface area contributed by atoms with Gasteiger partial charge in [0.1, 0.15) is 11.6 Å². The zero-order valence-electron chi connectivity index (χ0n) is 13.6. The number of rotatable bonds is 6. The number of amides is 2. The van der Waals surface area contributed by atoms with Crippen LogP contribution in [-0.4, -0.2) is 19.7 Å². The number of urea groups is 1. The molecule has 2 amide bonds. The number of hydrogen-bond donors (Lipinski definition) is 2. The van der Waals surface area contributed by atoms with Gasteiger partial charge >= 0.3 is 6.03 Å². The predicted molar refractivity (Wildman–Crippen MR) is 90.5 cm³/mol. The SMILES string of the molecule is COc1ccc(C2(CNC(=O)NCc3ccc(F)cc3)CC2)cc1. The van der Waals surface area contributed by atoms with E-state index in [1.807, 2.05) is 12.1 Å². The molecule has 0 heterocycles. The summed E-state index contributed by atoms with van der Waals surface area (Å²) in [4.78, 5) is 12.0. The van der Waals surface area contributed by atoms with E-state index in [9.17, 15) is 9.18 Å². The molecule has 0 atom stereocenters. The highest BCUT2D eigenvalue weighted by atomic mass is 19.1. The fourth-order valence-corrected chi connectivity index (χ4v) is 2.76. The number of benzene rings is 2. The highest BCUT2D eigenvalue weighted by Gasteiger charge is 2.44. The first-order chi connectivity index (χ1) is 11.6. The quantitative estimate of drug-likeness (QED) is 0.854. The first-order valence-corrected chi connectivity index (χ1v) is 8.02. The average molecular weight is 328 g/mol. The van der Waals surface area contributed by atoms with Crippen LogP contribution in [0.5, 0.6) is 5.75 Å². The second kappa shape index (κ2) is 6.91. The van der Waals surface area contributed by atoms with Gasteiger partial charge in [-0.3, -0.25) is 0 Å². The van der Waals surface area contributed by atoms with Crippen LogP contribution in [0, 0.1) is 5.82 Å². The second-order valence-corrected chi connectivity index (χ2v) is 6.17. The van der Waals surface area contributed by atoms with Crippen molar-refractivity contribution < 1.29 is 13.9 Å². The van der Waals surface area contributed by atoms with Crippen LogP contribution in [-0.2, 0) is 12.0 Å². The molecule has 1 saturated carbocycles. The van der Waals surface area contributed by atoms with Gasteiger partial charge in [0.05, 0.1) is 7.11 Å². The molecule has 2 aromatic rings. The van der Waals surface area contributed by atoms with Crippen molar-refractivity contribution in [1.29, 1.82) is 0 Å². The van der Waals surface area contributed by atoms with Gasteiger partial charge in [0.25, 0.3) is 0 Å². The van der Waals surface area contributed by atoms with Crippen molar-refractivity contribution in [3.63, 3.8) is 0 Å². The molecule has 126 valence electrons. The molecule has 3 rings (SSSR count). The van der Waals surface area contributed by atoms with Crippen molar-refractivity contribution in [2.75, 3.05) is 13.7 Å². The molecule has 0 saturated heterocycles. The number of methoxy groups -OCH3 is 1. The van der Waals surface area contributed by atoms with Gasteiger partial charge < -0.3 is 15.4 Å². The van der Waals surface area contributed by atoms with Crippen molar-refractivity contribution >= 4 is 6.03 Å². The number of nitrogens with one attached hydrogen (secondary N) is 2. The highest BCUT2D eigenvalue weighted by molar-refractivity contribution is 5.74. The molecule has 0 aromatic heterocycles. The maximum Gasteiger partial charge on any atom is 0.315 e. The molecule has 24 heavy (non-hydrogen) atoms. The zero-order valence-corrected chi connectivity index (χ0v) is 13.6. The van der Waals surface area contributed by atoms with Crippen LogP contribution in [0.15, 0.2) is 48.5 Å². The molecule has 1 fully saturated rings. The Morgan fingerprint density at radius 2 is 1.75 bits per heavy atom. The minimum atomic E-state index is -0.279. The van der Waals surface area contributed by atoms with E-state index in [1.54, 1.807) is 19.2 Å². The number of hydrogen-bond acceptors (Lipinski definition) is 2. The monoisotopic (exact) mass is 328 g/mol. The lowest BCUT2D eigenvalue weighted by molar-refractivity contribution is 0.239. The first kappa shape index (κ1) is 16.3. The van der Waals surface area contributed by atoms with Crippen molar-refractivity contribution in [2.24, 2.45) is 0 Å². The summed E-state index contributed by atoms with van der Waals surface area (Å²) >= 11 is 0. The van der Waals surface area contributed by atoms with Gasteiger partial charge in [-0.15, -0.1) is 0 Å². The van der Waals surface area contributed by atoms with Crippen LogP contribution in [0.25, 0.3) is 0 Å². The third-order valence-electron chi connectivity index (χ3n) is 4.51. The molecular weight excluding hydrogens is 307 g/mol. The topological polar surface area (TPSA) is 50.4 Å². The lowest BCUT2D eigenvalue weighted by Crippen LogP contribution is -2.39. The van der Waals surface area contributed by atoms with Crippen molar-refractivity contribution in [3.8, 4) is 5.75 Å². The Balaban J connectivity index is 1.49. The predicted octanol–water partition coefficient (Wildman–Crippen LogP) is 3.37. The second-order valence-electron chi connectivity index (χ2n) is 6.17. The summed E-state index contributed by atoms with van der Waals surface area (Å²) in [7, 11) is 1.65. The standard InChI is InChI=1S/C19H21FN2O2/c1-24-17-8-4-15(5-9-17)19(10-11-19)13-22-18(23)21-12-14-2-6-16(20)7-3-14/h2-9H,10-13H2,1H3,(H2,21,22,23). The molecule has 2 N–H and O–H groups in total. The van der Waals surface area contributed by atoms with E-state index in [-0.39, 0.29) is 17.3 Å². The van der Waals surface area contributed by atoms with Crippen molar-refractivity contribution in [1.82, 2.24) is 10.6 Å².